The lowest BCUT2D eigenvalue weighted by Crippen LogP contribution is -2.41. The molecule has 1 heterocycles. The van der Waals surface area contributed by atoms with Gasteiger partial charge in [0.1, 0.15) is 6.10 Å². The maximum atomic E-state index is 12.5. The van der Waals surface area contributed by atoms with E-state index in [0.29, 0.717) is 16.1 Å². The molecule has 2 aromatic carbocycles. The highest BCUT2D eigenvalue weighted by molar-refractivity contribution is 6.30. The second-order valence-corrected chi connectivity index (χ2v) is 6.13. The van der Waals surface area contributed by atoms with E-state index >= 15 is 0 Å². The van der Waals surface area contributed by atoms with Crippen LogP contribution in [0, 0.1) is 0 Å². The predicted octanol–water partition coefficient (Wildman–Crippen LogP) is 2.71. The zero-order chi connectivity index (χ0) is 17.8. The molecular weight excluding hydrogens is 340 g/mol. The van der Waals surface area contributed by atoms with Gasteiger partial charge in [0.2, 0.25) is 0 Å². The molecule has 3 N–H and O–H groups in total. The van der Waals surface area contributed by atoms with E-state index in [2.05, 4.69) is 10.3 Å². The lowest BCUT2D eigenvalue weighted by Gasteiger charge is -2.22. The molecule has 1 amide bonds. The van der Waals surface area contributed by atoms with Crippen molar-refractivity contribution < 1.29 is 15.0 Å². The van der Waals surface area contributed by atoms with Crippen molar-refractivity contribution >= 4 is 28.3 Å². The van der Waals surface area contributed by atoms with E-state index in [-0.39, 0.29) is 5.91 Å². The van der Waals surface area contributed by atoms with Gasteiger partial charge in [-0.15, -0.1) is 0 Å². The Bertz CT molecular complexity index is 883. The normalized spacial score (nSPS) is 13.4. The summed E-state index contributed by atoms with van der Waals surface area (Å²) in [6.07, 6.45) is 2.32. The molecule has 3 aromatic rings. The van der Waals surface area contributed by atoms with Crippen LogP contribution in [-0.2, 0) is 0 Å². The van der Waals surface area contributed by atoms with Gasteiger partial charge in [0, 0.05) is 28.4 Å². The Morgan fingerprint density at radius 3 is 2.60 bits per heavy atom. The number of carbonyl (C=O) groups is 1. The van der Waals surface area contributed by atoms with E-state index in [4.69, 9.17) is 11.6 Å². The average Bonchev–Trinajstić information content (AvgIpc) is 2.65. The molecule has 0 bridgehead atoms. The number of nitrogens with zero attached hydrogens (tertiary/aromatic N) is 1. The number of aliphatic hydroxyl groups is 2. The quantitative estimate of drug-likeness (QED) is 0.656. The van der Waals surface area contributed by atoms with Crippen molar-refractivity contribution in [3.8, 4) is 0 Å². The topological polar surface area (TPSA) is 82.5 Å². The van der Waals surface area contributed by atoms with E-state index in [1.807, 2.05) is 12.1 Å². The van der Waals surface area contributed by atoms with Crippen molar-refractivity contribution in [2.75, 3.05) is 6.61 Å². The van der Waals surface area contributed by atoms with Crippen molar-refractivity contribution in [3.05, 3.63) is 77.1 Å². The summed E-state index contributed by atoms with van der Waals surface area (Å²) in [4.78, 5) is 16.5. The molecule has 6 heteroatoms. The fraction of sp³-hybridized carbons (Fsp3) is 0.158. The number of aromatic nitrogens is 1. The third-order valence-corrected chi connectivity index (χ3v) is 4.26. The zero-order valence-corrected chi connectivity index (χ0v) is 14.0. The summed E-state index contributed by atoms with van der Waals surface area (Å²) in [5, 5.41) is 25.0. The van der Waals surface area contributed by atoms with Gasteiger partial charge in [-0.05, 0) is 41.3 Å². The van der Waals surface area contributed by atoms with Crippen LogP contribution in [0.15, 0.2) is 60.9 Å². The molecule has 128 valence electrons. The molecule has 0 saturated carbocycles. The van der Waals surface area contributed by atoms with Crippen LogP contribution >= 0.6 is 11.6 Å². The highest BCUT2D eigenvalue weighted by Crippen LogP contribution is 2.20. The van der Waals surface area contributed by atoms with Crippen molar-refractivity contribution in [3.63, 3.8) is 0 Å². The standard InChI is InChI=1S/C19H17ClN2O3/c20-16-5-3-13(4-6-16)18(24)17(11-23)22-19(25)14-2-1-12-7-8-21-10-15(12)9-14/h1-10,17-18,23-24H,11H2,(H,22,25). The molecule has 5 nitrogen and oxygen atoms in total. The number of rotatable bonds is 5. The first-order valence-electron chi connectivity index (χ1n) is 7.77. The molecule has 2 unspecified atom stereocenters. The van der Waals surface area contributed by atoms with E-state index in [1.54, 1.807) is 48.8 Å². The van der Waals surface area contributed by atoms with Gasteiger partial charge in [-0.3, -0.25) is 9.78 Å². The summed E-state index contributed by atoms with van der Waals surface area (Å²) < 4.78 is 0. The molecule has 0 aliphatic rings. The van der Waals surface area contributed by atoms with Crippen molar-refractivity contribution in [2.24, 2.45) is 0 Å². The highest BCUT2D eigenvalue weighted by Gasteiger charge is 2.22. The summed E-state index contributed by atoms with van der Waals surface area (Å²) in [6, 6.07) is 12.9. The summed E-state index contributed by atoms with van der Waals surface area (Å²) in [6.45, 7) is -0.398. The Labute approximate surface area is 149 Å². The molecule has 0 spiro atoms. The fourth-order valence-corrected chi connectivity index (χ4v) is 2.72. The third-order valence-electron chi connectivity index (χ3n) is 4.01. The third kappa shape index (κ3) is 3.96. The van der Waals surface area contributed by atoms with Crippen LogP contribution in [0.25, 0.3) is 10.8 Å². The predicted molar refractivity (Wildman–Crippen MR) is 96.5 cm³/mol. The van der Waals surface area contributed by atoms with Gasteiger partial charge >= 0.3 is 0 Å². The largest absolute Gasteiger partial charge is 0.394 e. The number of halogens is 1. The minimum absolute atomic E-state index is 0.377. The lowest BCUT2D eigenvalue weighted by atomic mass is 10.0. The van der Waals surface area contributed by atoms with E-state index in [0.717, 1.165) is 10.8 Å². The number of amides is 1. The first-order chi connectivity index (χ1) is 12.1. The lowest BCUT2D eigenvalue weighted by molar-refractivity contribution is 0.0703. The molecule has 0 aliphatic carbocycles. The molecule has 2 atom stereocenters. The van der Waals surface area contributed by atoms with Crippen LogP contribution in [-0.4, -0.2) is 33.8 Å². The summed E-state index contributed by atoms with van der Waals surface area (Å²) in [7, 11) is 0. The second kappa shape index (κ2) is 7.61. The monoisotopic (exact) mass is 356 g/mol. The van der Waals surface area contributed by atoms with Crippen LogP contribution in [0.4, 0.5) is 0 Å². The van der Waals surface area contributed by atoms with Gasteiger partial charge < -0.3 is 15.5 Å². The molecule has 1 aromatic heterocycles. The fourth-order valence-electron chi connectivity index (χ4n) is 2.59. The minimum Gasteiger partial charge on any atom is -0.394 e. The first-order valence-corrected chi connectivity index (χ1v) is 8.15. The molecule has 0 saturated heterocycles. The Kier molecular flexibility index (Phi) is 5.28. The molecule has 25 heavy (non-hydrogen) atoms. The van der Waals surface area contributed by atoms with Gasteiger partial charge in [0.25, 0.3) is 5.91 Å². The number of hydrogen-bond donors (Lipinski definition) is 3. The van der Waals surface area contributed by atoms with Gasteiger partial charge in [-0.25, -0.2) is 0 Å². The smallest absolute Gasteiger partial charge is 0.251 e. The van der Waals surface area contributed by atoms with Gasteiger partial charge in [0.05, 0.1) is 12.6 Å². The number of nitrogens with one attached hydrogen (secondary N) is 1. The van der Waals surface area contributed by atoms with Crippen LogP contribution in [0.1, 0.15) is 22.0 Å². The van der Waals surface area contributed by atoms with Crippen molar-refractivity contribution in [1.82, 2.24) is 10.3 Å². The van der Waals surface area contributed by atoms with E-state index in [1.165, 1.54) is 0 Å². The molecule has 0 fully saturated rings. The van der Waals surface area contributed by atoms with Crippen LogP contribution in [0.3, 0.4) is 0 Å². The molecule has 0 aliphatic heterocycles. The number of aliphatic hydroxyl groups excluding tert-OH is 2. The molecular formula is C19H17ClN2O3. The molecule has 0 radical (unpaired) electrons. The molecule has 3 rings (SSSR count). The van der Waals surface area contributed by atoms with Crippen molar-refractivity contribution in [2.45, 2.75) is 12.1 Å². The van der Waals surface area contributed by atoms with Gasteiger partial charge in [-0.1, -0.05) is 29.8 Å². The Morgan fingerprint density at radius 2 is 1.88 bits per heavy atom. The van der Waals surface area contributed by atoms with E-state index < -0.39 is 18.8 Å². The number of benzene rings is 2. The van der Waals surface area contributed by atoms with E-state index in [9.17, 15) is 15.0 Å². The number of carbonyl (C=O) groups excluding carboxylic acids is 1. The number of pyridine rings is 1. The van der Waals surface area contributed by atoms with Crippen LogP contribution < -0.4 is 5.32 Å². The number of hydrogen-bond acceptors (Lipinski definition) is 4. The average molecular weight is 357 g/mol. The SMILES string of the molecule is O=C(NC(CO)C(O)c1ccc(Cl)cc1)c1ccc2ccncc2c1. The van der Waals surface area contributed by atoms with Crippen LogP contribution in [0.2, 0.25) is 5.02 Å². The summed E-state index contributed by atoms with van der Waals surface area (Å²) in [5.41, 5.74) is 0.994. The highest BCUT2D eigenvalue weighted by atomic mass is 35.5. The van der Waals surface area contributed by atoms with Gasteiger partial charge in [0.15, 0.2) is 0 Å². The number of fused-ring (bicyclic) bond motifs is 1. The van der Waals surface area contributed by atoms with Crippen molar-refractivity contribution in [1.29, 1.82) is 0 Å². The zero-order valence-electron chi connectivity index (χ0n) is 13.3. The minimum atomic E-state index is -1.05. The second-order valence-electron chi connectivity index (χ2n) is 5.70. The maximum Gasteiger partial charge on any atom is 0.251 e. The van der Waals surface area contributed by atoms with Crippen LogP contribution in [0.5, 0.6) is 0 Å². The summed E-state index contributed by atoms with van der Waals surface area (Å²) >= 11 is 5.84. The van der Waals surface area contributed by atoms with Gasteiger partial charge in [-0.2, -0.15) is 0 Å². The first kappa shape index (κ1) is 17.4. The Morgan fingerprint density at radius 1 is 1.12 bits per heavy atom. The Hall–Kier alpha value is -2.47. The summed E-state index contributed by atoms with van der Waals surface area (Å²) in [5.74, 6) is -0.377. The maximum absolute atomic E-state index is 12.5. The Balaban J connectivity index is 1.77.